The van der Waals surface area contributed by atoms with Gasteiger partial charge >= 0.3 is 0 Å². The van der Waals surface area contributed by atoms with Crippen molar-refractivity contribution in [1.82, 2.24) is 0 Å². The third kappa shape index (κ3) is 10.5. The monoisotopic (exact) mass is 533 g/mol. The van der Waals surface area contributed by atoms with Crippen LogP contribution in [0, 0.1) is 0 Å². The SMILES string of the molecule is C=CC(/C=C/C=C/C(C)=C/C=C(\C=C)N(c1ccccc1)c1ccc(/C=C/C=C/c2ccccc2)cc1)=C\C=C/C. The fourth-order valence-corrected chi connectivity index (χ4v) is 3.94. The van der Waals surface area contributed by atoms with Crippen LogP contribution in [0.2, 0.25) is 0 Å². The van der Waals surface area contributed by atoms with Crippen LogP contribution in [0.1, 0.15) is 25.0 Å². The van der Waals surface area contributed by atoms with E-state index in [1.807, 2.05) is 79.8 Å². The van der Waals surface area contributed by atoms with Crippen LogP contribution in [-0.4, -0.2) is 0 Å². The number of benzene rings is 3. The van der Waals surface area contributed by atoms with Gasteiger partial charge < -0.3 is 4.90 Å². The number of hydrogen-bond acceptors (Lipinski definition) is 1. The van der Waals surface area contributed by atoms with Gasteiger partial charge in [-0.2, -0.15) is 0 Å². The second-order valence-corrected chi connectivity index (χ2v) is 9.21. The van der Waals surface area contributed by atoms with Gasteiger partial charge in [0.2, 0.25) is 0 Å². The first-order valence-electron chi connectivity index (χ1n) is 13.8. The summed E-state index contributed by atoms with van der Waals surface area (Å²) in [5.41, 5.74) is 7.63. The molecule has 1 nitrogen and oxygen atoms in total. The van der Waals surface area contributed by atoms with Gasteiger partial charge in [0, 0.05) is 17.1 Å². The Balaban J connectivity index is 1.80. The minimum absolute atomic E-state index is 0.983. The van der Waals surface area contributed by atoms with Gasteiger partial charge in [0.15, 0.2) is 0 Å². The van der Waals surface area contributed by atoms with Crippen LogP contribution in [0.4, 0.5) is 11.4 Å². The lowest BCUT2D eigenvalue weighted by molar-refractivity contribution is 1.21. The molecule has 3 aromatic carbocycles. The number of allylic oxidation sites excluding steroid dienone is 15. The largest absolute Gasteiger partial charge is 0.311 e. The van der Waals surface area contributed by atoms with Gasteiger partial charge in [0.1, 0.15) is 0 Å². The maximum Gasteiger partial charge on any atom is 0.0462 e. The first-order valence-corrected chi connectivity index (χ1v) is 13.8. The van der Waals surface area contributed by atoms with Crippen LogP contribution in [0.3, 0.4) is 0 Å². The number of hydrogen-bond donors (Lipinski definition) is 0. The summed E-state index contributed by atoms with van der Waals surface area (Å²) in [7, 11) is 0. The zero-order valence-corrected chi connectivity index (χ0v) is 24.1. The van der Waals surface area contributed by atoms with E-state index in [4.69, 9.17) is 0 Å². The minimum Gasteiger partial charge on any atom is -0.311 e. The molecule has 0 bridgehead atoms. The first kappa shape index (κ1) is 30.4. The van der Waals surface area contributed by atoms with Crippen molar-refractivity contribution in [3.05, 3.63) is 205 Å². The molecule has 0 saturated heterocycles. The van der Waals surface area contributed by atoms with Gasteiger partial charge in [0.25, 0.3) is 0 Å². The Morgan fingerprint density at radius 1 is 0.585 bits per heavy atom. The molecule has 0 aliphatic rings. The predicted molar refractivity (Wildman–Crippen MR) is 183 cm³/mol. The molecular formula is C40H39N. The van der Waals surface area contributed by atoms with Gasteiger partial charge in [-0.1, -0.05) is 158 Å². The molecule has 0 aliphatic carbocycles. The van der Waals surface area contributed by atoms with Crippen molar-refractivity contribution in [2.24, 2.45) is 0 Å². The topological polar surface area (TPSA) is 3.24 Å². The zero-order valence-electron chi connectivity index (χ0n) is 24.1. The summed E-state index contributed by atoms with van der Waals surface area (Å²) in [6.07, 6.45) is 30.5. The van der Waals surface area contributed by atoms with E-state index in [2.05, 4.69) is 128 Å². The molecule has 0 amide bonds. The molecule has 41 heavy (non-hydrogen) atoms. The van der Waals surface area contributed by atoms with Crippen molar-refractivity contribution in [2.45, 2.75) is 13.8 Å². The Morgan fingerprint density at radius 3 is 1.78 bits per heavy atom. The van der Waals surface area contributed by atoms with Crippen molar-refractivity contribution in [2.75, 3.05) is 4.90 Å². The molecule has 0 spiro atoms. The Morgan fingerprint density at radius 2 is 1.17 bits per heavy atom. The van der Waals surface area contributed by atoms with Crippen molar-refractivity contribution in [3.63, 3.8) is 0 Å². The molecule has 0 aliphatic heterocycles. The molecule has 1 heteroatoms. The third-order valence-corrected chi connectivity index (χ3v) is 6.11. The van der Waals surface area contributed by atoms with Gasteiger partial charge in [-0.15, -0.1) is 0 Å². The van der Waals surface area contributed by atoms with Crippen molar-refractivity contribution >= 4 is 23.5 Å². The highest BCUT2D eigenvalue weighted by Crippen LogP contribution is 2.30. The minimum atomic E-state index is 0.983. The summed E-state index contributed by atoms with van der Waals surface area (Å²) < 4.78 is 0. The van der Waals surface area contributed by atoms with E-state index in [-0.39, 0.29) is 0 Å². The summed E-state index contributed by atoms with van der Waals surface area (Å²) in [6, 6.07) is 29.2. The lowest BCUT2D eigenvalue weighted by Gasteiger charge is -2.26. The van der Waals surface area contributed by atoms with E-state index < -0.39 is 0 Å². The van der Waals surface area contributed by atoms with Gasteiger partial charge in [0.05, 0.1) is 0 Å². The summed E-state index contributed by atoms with van der Waals surface area (Å²) in [5, 5.41) is 0. The lowest BCUT2D eigenvalue weighted by atomic mass is 10.1. The second-order valence-electron chi connectivity index (χ2n) is 9.21. The molecule has 0 radical (unpaired) electrons. The molecule has 3 aromatic rings. The Hall–Kier alpha value is -5.14. The smallest absolute Gasteiger partial charge is 0.0462 e. The zero-order chi connectivity index (χ0) is 29.1. The number of anilines is 2. The van der Waals surface area contributed by atoms with Gasteiger partial charge in [-0.25, -0.2) is 0 Å². The van der Waals surface area contributed by atoms with E-state index in [0.29, 0.717) is 0 Å². The van der Waals surface area contributed by atoms with Crippen molar-refractivity contribution < 1.29 is 0 Å². The average Bonchev–Trinajstić information content (AvgIpc) is 3.02. The highest BCUT2D eigenvalue weighted by atomic mass is 15.1. The van der Waals surface area contributed by atoms with E-state index in [0.717, 1.165) is 33.8 Å². The van der Waals surface area contributed by atoms with E-state index in [9.17, 15) is 0 Å². The molecule has 0 saturated carbocycles. The molecule has 0 heterocycles. The second kappa shape index (κ2) is 17.4. The number of para-hydroxylation sites is 1. The van der Waals surface area contributed by atoms with Gasteiger partial charge in [-0.3, -0.25) is 0 Å². The quantitative estimate of drug-likeness (QED) is 0.197. The van der Waals surface area contributed by atoms with Crippen LogP contribution in [0.5, 0.6) is 0 Å². The summed E-state index contributed by atoms with van der Waals surface area (Å²) in [5.74, 6) is 0. The molecular weight excluding hydrogens is 494 g/mol. The third-order valence-electron chi connectivity index (χ3n) is 6.11. The fourth-order valence-electron chi connectivity index (χ4n) is 3.94. The van der Waals surface area contributed by atoms with Gasteiger partial charge in [-0.05, 0) is 67.0 Å². The van der Waals surface area contributed by atoms with Crippen LogP contribution in [-0.2, 0) is 0 Å². The van der Waals surface area contributed by atoms with Crippen LogP contribution < -0.4 is 4.90 Å². The van der Waals surface area contributed by atoms with Crippen molar-refractivity contribution in [3.8, 4) is 0 Å². The number of rotatable bonds is 13. The number of nitrogens with zero attached hydrogens (tertiary/aromatic N) is 1. The van der Waals surface area contributed by atoms with Crippen LogP contribution in [0.25, 0.3) is 12.2 Å². The standard InChI is InChI=1S/C40H39N/c1-5-8-20-35(6-2)21-16-15-19-34(4)28-31-38(7-3)41(39-26-13-10-14-27-39)40-32-29-37(30-33-40)25-18-17-24-36-22-11-9-12-23-36/h5-33H,2-3H2,1,4H3/b8-5-,19-15+,21-16+,24-17+,25-18+,34-28+,35-20+,38-31+. The lowest BCUT2D eigenvalue weighted by Crippen LogP contribution is -2.14. The maximum absolute atomic E-state index is 4.12. The van der Waals surface area contributed by atoms with Crippen LogP contribution in [0.15, 0.2) is 194 Å². The summed E-state index contributed by atoms with van der Waals surface area (Å²) >= 11 is 0. The predicted octanol–water partition coefficient (Wildman–Crippen LogP) is 11.4. The van der Waals surface area contributed by atoms with E-state index in [1.165, 1.54) is 5.56 Å². The first-order chi connectivity index (χ1) is 20.1. The fraction of sp³-hybridized carbons (Fsp3) is 0.0500. The Bertz CT molecular complexity index is 1490. The molecule has 0 aromatic heterocycles. The van der Waals surface area contributed by atoms with Crippen LogP contribution >= 0.6 is 0 Å². The molecule has 0 atom stereocenters. The molecule has 204 valence electrons. The molecule has 0 fully saturated rings. The average molecular weight is 534 g/mol. The molecule has 0 unspecified atom stereocenters. The molecule has 0 N–H and O–H groups in total. The maximum atomic E-state index is 4.12. The summed E-state index contributed by atoms with van der Waals surface area (Å²) in [6.45, 7) is 12.1. The highest BCUT2D eigenvalue weighted by Gasteiger charge is 2.12. The summed E-state index contributed by atoms with van der Waals surface area (Å²) in [4.78, 5) is 2.21. The van der Waals surface area contributed by atoms with E-state index in [1.54, 1.807) is 0 Å². The highest BCUT2D eigenvalue weighted by molar-refractivity contribution is 5.71. The Kier molecular flexibility index (Phi) is 12.9. The van der Waals surface area contributed by atoms with Crippen molar-refractivity contribution in [1.29, 1.82) is 0 Å². The Labute approximate surface area is 246 Å². The molecule has 3 rings (SSSR count). The van der Waals surface area contributed by atoms with E-state index >= 15 is 0 Å². The normalized spacial score (nSPS) is 13.3.